The molecule has 0 atom stereocenters. The quantitative estimate of drug-likeness (QED) is 0.773. The Bertz CT molecular complexity index is 890. The normalized spacial score (nSPS) is 22.0. The third kappa shape index (κ3) is 3.89. The number of amides is 1. The molecule has 0 spiro atoms. The fourth-order valence-electron chi connectivity index (χ4n) is 5.32. The number of hydrogen-bond donors (Lipinski definition) is 0. The minimum Gasteiger partial charge on any atom is -0.356 e. The van der Waals surface area contributed by atoms with Crippen LogP contribution in [-0.4, -0.2) is 80.8 Å². The van der Waals surface area contributed by atoms with E-state index in [1.807, 2.05) is 18.1 Å². The second kappa shape index (κ2) is 8.49. The van der Waals surface area contributed by atoms with Crippen LogP contribution in [0.25, 0.3) is 11.0 Å². The lowest BCUT2D eigenvalue weighted by molar-refractivity contribution is 0.0513. The highest BCUT2D eigenvalue weighted by molar-refractivity contribution is 5.95. The molecule has 1 aliphatic carbocycles. The number of nitrogens with zero attached hydrogens (tertiary/aromatic N) is 7. The van der Waals surface area contributed by atoms with Gasteiger partial charge in [-0.2, -0.15) is 5.10 Å². The highest BCUT2D eigenvalue weighted by Gasteiger charge is 2.29. The van der Waals surface area contributed by atoms with Gasteiger partial charge in [-0.15, -0.1) is 0 Å². The number of fused-ring (bicyclic) bond motifs is 1. The summed E-state index contributed by atoms with van der Waals surface area (Å²) in [5, 5.41) is 5.43. The summed E-state index contributed by atoms with van der Waals surface area (Å²) in [4.78, 5) is 29.5. The first-order chi connectivity index (χ1) is 14.7. The Hall–Kier alpha value is -2.22. The van der Waals surface area contributed by atoms with Crippen LogP contribution in [0, 0.1) is 0 Å². The second-order valence-corrected chi connectivity index (χ2v) is 9.08. The maximum absolute atomic E-state index is 13.3. The zero-order valence-electron chi connectivity index (χ0n) is 18.1. The van der Waals surface area contributed by atoms with Crippen LogP contribution in [0.4, 0.5) is 5.82 Å². The molecule has 3 fully saturated rings. The number of piperidine rings is 1. The van der Waals surface area contributed by atoms with Gasteiger partial charge in [-0.05, 0) is 32.1 Å². The number of anilines is 1. The van der Waals surface area contributed by atoms with Crippen LogP contribution in [0.2, 0.25) is 0 Å². The average Bonchev–Trinajstić information content (AvgIpc) is 3.19. The van der Waals surface area contributed by atoms with Crippen LogP contribution in [-0.2, 0) is 7.05 Å². The molecule has 8 nitrogen and oxygen atoms in total. The summed E-state index contributed by atoms with van der Waals surface area (Å²) in [5.41, 5.74) is 0.622. The summed E-state index contributed by atoms with van der Waals surface area (Å²) >= 11 is 0. The zero-order valence-corrected chi connectivity index (χ0v) is 18.1. The Morgan fingerprint density at radius 2 is 1.60 bits per heavy atom. The summed E-state index contributed by atoms with van der Waals surface area (Å²) in [5.74, 6) is 1.12. The van der Waals surface area contributed by atoms with Crippen LogP contribution in [0.1, 0.15) is 62.0 Å². The van der Waals surface area contributed by atoms with Crippen LogP contribution in [0.5, 0.6) is 0 Å². The Labute approximate surface area is 178 Å². The van der Waals surface area contributed by atoms with E-state index in [-0.39, 0.29) is 5.91 Å². The van der Waals surface area contributed by atoms with Crippen molar-refractivity contribution in [1.82, 2.24) is 29.5 Å². The van der Waals surface area contributed by atoms with Crippen LogP contribution in [0.15, 0.2) is 6.20 Å². The Morgan fingerprint density at radius 3 is 2.33 bits per heavy atom. The van der Waals surface area contributed by atoms with Gasteiger partial charge in [0.15, 0.2) is 5.65 Å². The van der Waals surface area contributed by atoms with E-state index < -0.39 is 0 Å². The maximum Gasteiger partial charge on any atom is 0.291 e. The van der Waals surface area contributed by atoms with E-state index in [1.165, 1.54) is 38.5 Å². The van der Waals surface area contributed by atoms with Gasteiger partial charge < -0.3 is 9.80 Å². The van der Waals surface area contributed by atoms with Gasteiger partial charge in [0, 0.05) is 58.6 Å². The zero-order chi connectivity index (χ0) is 20.5. The van der Waals surface area contributed by atoms with E-state index >= 15 is 0 Å². The molecule has 0 N–H and O–H groups in total. The van der Waals surface area contributed by atoms with Gasteiger partial charge in [0.1, 0.15) is 5.82 Å². The molecule has 2 aromatic heterocycles. The molecule has 2 aromatic rings. The average molecular weight is 412 g/mol. The molecule has 2 saturated heterocycles. The lowest BCUT2D eigenvalue weighted by atomic mass is 9.94. The molecule has 0 unspecified atom stereocenters. The van der Waals surface area contributed by atoms with E-state index in [4.69, 9.17) is 4.98 Å². The molecule has 0 bridgehead atoms. The monoisotopic (exact) mass is 411 g/mol. The van der Waals surface area contributed by atoms with Crippen LogP contribution in [0.3, 0.4) is 0 Å². The van der Waals surface area contributed by atoms with Crippen molar-refractivity contribution in [2.24, 2.45) is 7.05 Å². The Balaban J connectivity index is 1.34. The summed E-state index contributed by atoms with van der Waals surface area (Å²) in [7, 11) is 1.90. The highest BCUT2D eigenvalue weighted by Crippen LogP contribution is 2.27. The maximum atomic E-state index is 13.3. The molecule has 162 valence electrons. The molecule has 8 heteroatoms. The first-order valence-electron chi connectivity index (χ1n) is 11.7. The first kappa shape index (κ1) is 19.7. The van der Waals surface area contributed by atoms with Crippen molar-refractivity contribution in [2.75, 3.05) is 44.2 Å². The highest BCUT2D eigenvalue weighted by atomic mass is 16.2. The first-order valence-corrected chi connectivity index (χ1v) is 11.7. The van der Waals surface area contributed by atoms with E-state index in [2.05, 4.69) is 19.9 Å². The smallest absolute Gasteiger partial charge is 0.291 e. The van der Waals surface area contributed by atoms with Crippen molar-refractivity contribution in [3.63, 3.8) is 0 Å². The minimum absolute atomic E-state index is 0.0518. The summed E-state index contributed by atoms with van der Waals surface area (Å²) in [6.07, 6.45) is 12.3. The SMILES string of the molecule is Cn1cc2c(N3CCCCC3)nc(C(=O)N3CCN(C4CCCCC4)CC3)nc2n1. The molecule has 1 saturated carbocycles. The number of rotatable bonds is 3. The number of aryl methyl sites for hydroxylation is 1. The van der Waals surface area contributed by atoms with Gasteiger partial charge in [-0.25, -0.2) is 9.97 Å². The van der Waals surface area contributed by atoms with E-state index in [0.717, 1.165) is 63.3 Å². The number of hydrogen-bond acceptors (Lipinski definition) is 6. The number of aromatic nitrogens is 4. The van der Waals surface area contributed by atoms with Crippen molar-refractivity contribution < 1.29 is 4.79 Å². The number of carbonyl (C=O) groups is 1. The molecule has 1 amide bonds. The van der Waals surface area contributed by atoms with Gasteiger partial charge in [0.25, 0.3) is 5.91 Å². The van der Waals surface area contributed by atoms with Crippen LogP contribution < -0.4 is 4.90 Å². The van der Waals surface area contributed by atoms with E-state index in [1.54, 1.807) is 4.68 Å². The van der Waals surface area contributed by atoms with Crippen molar-refractivity contribution >= 4 is 22.8 Å². The van der Waals surface area contributed by atoms with E-state index in [9.17, 15) is 4.79 Å². The summed E-state index contributed by atoms with van der Waals surface area (Å²) in [6, 6.07) is 0.711. The molecule has 3 aliphatic rings. The molecular formula is C22H33N7O. The number of carbonyl (C=O) groups excluding carboxylic acids is 1. The minimum atomic E-state index is -0.0518. The Morgan fingerprint density at radius 1 is 0.900 bits per heavy atom. The summed E-state index contributed by atoms with van der Waals surface area (Å²) in [6.45, 7) is 5.40. The third-order valence-electron chi connectivity index (χ3n) is 7.01. The van der Waals surface area contributed by atoms with E-state index in [0.29, 0.717) is 17.5 Å². The van der Waals surface area contributed by atoms with Gasteiger partial charge in [0.05, 0.1) is 5.39 Å². The fraction of sp³-hybridized carbons (Fsp3) is 0.727. The van der Waals surface area contributed by atoms with Gasteiger partial charge in [-0.1, -0.05) is 19.3 Å². The standard InChI is InChI=1S/C22H33N7O/c1-26-16-18-19(25-26)23-20(24-21(18)28-10-6-3-7-11-28)22(30)29-14-12-27(13-15-29)17-8-4-2-5-9-17/h16-17H,2-15H2,1H3. The van der Waals surface area contributed by atoms with Gasteiger partial charge in [0.2, 0.25) is 5.82 Å². The predicted octanol–water partition coefficient (Wildman–Crippen LogP) is 2.44. The topological polar surface area (TPSA) is 70.4 Å². The molecule has 5 rings (SSSR count). The molecule has 4 heterocycles. The van der Waals surface area contributed by atoms with Crippen LogP contribution >= 0.6 is 0 Å². The fourth-order valence-corrected chi connectivity index (χ4v) is 5.32. The molecular weight excluding hydrogens is 378 g/mol. The Kier molecular flexibility index (Phi) is 5.58. The third-order valence-corrected chi connectivity index (χ3v) is 7.01. The van der Waals surface area contributed by atoms with Crippen molar-refractivity contribution in [3.05, 3.63) is 12.0 Å². The van der Waals surface area contributed by atoms with Gasteiger partial charge in [-0.3, -0.25) is 14.4 Å². The summed E-state index contributed by atoms with van der Waals surface area (Å²) < 4.78 is 1.77. The van der Waals surface area contributed by atoms with Crippen molar-refractivity contribution in [3.8, 4) is 0 Å². The molecule has 0 radical (unpaired) electrons. The molecule has 30 heavy (non-hydrogen) atoms. The number of piperazine rings is 1. The largest absolute Gasteiger partial charge is 0.356 e. The van der Waals surface area contributed by atoms with Gasteiger partial charge >= 0.3 is 0 Å². The second-order valence-electron chi connectivity index (χ2n) is 9.08. The molecule has 2 aliphatic heterocycles. The van der Waals surface area contributed by atoms with Crippen molar-refractivity contribution in [2.45, 2.75) is 57.4 Å². The predicted molar refractivity (Wildman–Crippen MR) is 117 cm³/mol. The lowest BCUT2D eigenvalue weighted by Gasteiger charge is -2.40. The lowest BCUT2D eigenvalue weighted by Crippen LogP contribution is -2.52. The molecule has 0 aromatic carbocycles. The van der Waals surface area contributed by atoms with Crippen molar-refractivity contribution in [1.29, 1.82) is 0 Å².